The van der Waals surface area contributed by atoms with Gasteiger partial charge in [0.15, 0.2) is 0 Å². The number of imidazole rings is 1. The number of benzene rings is 2. The summed E-state index contributed by atoms with van der Waals surface area (Å²) >= 11 is 0. The largest absolute Gasteiger partial charge is 0.329 e. The Bertz CT molecular complexity index is 788. The van der Waals surface area contributed by atoms with Gasteiger partial charge in [0.25, 0.3) is 0 Å². The Hall–Kier alpha value is -2.20. The zero-order chi connectivity index (χ0) is 15.0. The van der Waals surface area contributed by atoms with E-state index in [0.29, 0.717) is 13.1 Å². The summed E-state index contributed by atoms with van der Waals surface area (Å²) in [4.78, 5) is 4.72. The van der Waals surface area contributed by atoms with Gasteiger partial charge in [0.1, 0.15) is 11.6 Å². The van der Waals surface area contributed by atoms with E-state index >= 15 is 0 Å². The van der Waals surface area contributed by atoms with Gasteiger partial charge < -0.3 is 10.3 Å². The summed E-state index contributed by atoms with van der Waals surface area (Å²) in [5.74, 6) is 0.590. The van der Waals surface area contributed by atoms with Crippen molar-refractivity contribution < 1.29 is 4.39 Å². The maximum Gasteiger partial charge on any atom is 0.141 e. The molecule has 0 aliphatic carbocycles. The van der Waals surface area contributed by atoms with Gasteiger partial charge in [-0.25, -0.2) is 9.37 Å². The zero-order valence-corrected chi connectivity index (χ0v) is 12.2. The number of nitrogens with two attached hydrogens (primary N) is 1. The van der Waals surface area contributed by atoms with E-state index in [1.54, 1.807) is 12.1 Å². The van der Waals surface area contributed by atoms with Crippen LogP contribution in [-0.4, -0.2) is 16.1 Å². The predicted octanol–water partition coefficient (Wildman–Crippen LogP) is 3.42. The first-order valence-electron chi connectivity index (χ1n) is 7.03. The number of nitrogens with zero attached hydrogens (tertiary/aromatic N) is 2. The van der Waals surface area contributed by atoms with Crippen LogP contribution < -0.4 is 5.73 Å². The molecule has 1 heterocycles. The summed E-state index contributed by atoms with van der Waals surface area (Å²) in [5.41, 5.74) is 11.1. The first-order chi connectivity index (χ1) is 10.1. The van der Waals surface area contributed by atoms with Gasteiger partial charge in [-0.3, -0.25) is 0 Å². The van der Waals surface area contributed by atoms with Crippen LogP contribution in [0, 0.1) is 19.7 Å². The topological polar surface area (TPSA) is 43.8 Å². The molecule has 0 saturated carbocycles. The third kappa shape index (κ3) is 2.43. The van der Waals surface area contributed by atoms with Crippen molar-refractivity contribution in [1.82, 2.24) is 9.55 Å². The van der Waals surface area contributed by atoms with Gasteiger partial charge in [0.05, 0.1) is 11.0 Å². The molecule has 0 fully saturated rings. The van der Waals surface area contributed by atoms with Crippen LogP contribution in [0.2, 0.25) is 0 Å². The highest BCUT2D eigenvalue weighted by molar-refractivity contribution is 5.82. The third-order valence-corrected chi connectivity index (χ3v) is 3.82. The van der Waals surface area contributed by atoms with E-state index in [-0.39, 0.29) is 5.82 Å². The van der Waals surface area contributed by atoms with Gasteiger partial charge >= 0.3 is 0 Å². The molecule has 0 aliphatic rings. The first kappa shape index (κ1) is 13.8. The summed E-state index contributed by atoms with van der Waals surface area (Å²) in [5, 5.41) is 0. The molecule has 4 heteroatoms. The lowest BCUT2D eigenvalue weighted by Crippen LogP contribution is -2.11. The lowest BCUT2D eigenvalue weighted by molar-refractivity contribution is 0.628. The number of hydrogen-bond donors (Lipinski definition) is 1. The van der Waals surface area contributed by atoms with Crippen LogP contribution in [0.4, 0.5) is 4.39 Å². The standard InChI is InChI=1S/C17H18FN3/c1-11-9-15-16(10-12(11)2)21(8-7-19)17(20-15)13-3-5-14(18)6-4-13/h3-6,9-10H,7-8,19H2,1-2H3. The summed E-state index contributed by atoms with van der Waals surface area (Å²) in [6.07, 6.45) is 0. The fourth-order valence-electron chi connectivity index (χ4n) is 2.55. The minimum atomic E-state index is -0.244. The average Bonchev–Trinajstić information content (AvgIpc) is 2.79. The molecule has 108 valence electrons. The second kappa shape index (κ2) is 5.30. The van der Waals surface area contributed by atoms with E-state index in [2.05, 4.69) is 30.5 Å². The highest BCUT2D eigenvalue weighted by Crippen LogP contribution is 2.27. The molecule has 0 unspecified atom stereocenters. The van der Waals surface area contributed by atoms with Crippen LogP contribution in [0.1, 0.15) is 11.1 Å². The van der Waals surface area contributed by atoms with Gasteiger partial charge in [-0.2, -0.15) is 0 Å². The Morgan fingerprint density at radius 1 is 1.10 bits per heavy atom. The first-order valence-corrected chi connectivity index (χ1v) is 7.03. The minimum absolute atomic E-state index is 0.244. The zero-order valence-electron chi connectivity index (χ0n) is 12.2. The van der Waals surface area contributed by atoms with Gasteiger partial charge in [0.2, 0.25) is 0 Å². The maximum atomic E-state index is 13.1. The van der Waals surface area contributed by atoms with Gasteiger partial charge in [-0.05, 0) is 61.4 Å². The van der Waals surface area contributed by atoms with E-state index in [1.165, 1.54) is 23.3 Å². The molecule has 0 spiro atoms. The molecule has 21 heavy (non-hydrogen) atoms. The van der Waals surface area contributed by atoms with Crippen LogP contribution in [-0.2, 0) is 6.54 Å². The van der Waals surface area contributed by atoms with Crippen LogP contribution in [0.3, 0.4) is 0 Å². The number of halogens is 1. The molecule has 2 N–H and O–H groups in total. The van der Waals surface area contributed by atoms with Crippen LogP contribution in [0.25, 0.3) is 22.4 Å². The normalized spacial score (nSPS) is 11.2. The van der Waals surface area contributed by atoms with Crippen molar-refractivity contribution in [2.75, 3.05) is 6.54 Å². The van der Waals surface area contributed by atoms with Crippen molar-refractivity contribution in [2.45, 2.75) is 20.4 Å². The highest BCUT2D eigenvalue weighted by atomic mass is 19.1. The maximum absolute atomic E-state index is 13.1. The number of fused-ring (bicyclic) bond motifs is 1. The number of aromatic nitrogens is 2. The highest BCUT2D eigenvalue weighted by Gasteiger charge is 2.13. The quantitative estimate of drug-likeness (QED) is 0.800. The molecule has 0 bridgehead atoms. The molecular formula is C17H18FN3. The number of rotatable bonds is 3. The van der Waals surface area contributed by atoms with Crippen molar-refractivity contribution in [1.29, 1.82) is 0 Å². The average molecular weight is 283 g/mol. The number of hydrogen-bond acceptors (Lipinski definition) is 2. The molecule has 3 nitrogen and oxygen atoms in total. The Labute approximate surface area is 123 Å². The molecule has 3 rings (SSSR count). The number of aryl methyl sites for hydroxylation is 2. The minimum Gasteiger partial charge on any atom is -0.329 e. The van der Waals surface area contributed by atoms with Crippen LogP contribution in [0.15, 0.2) is 36.4 Å². The molecule has 0 radical (unpaired) electrons. The van der Waals surface area contributed by atoms with E-state index in [1.807, 2.05) is 0 Å². The van der Waals surface area contributed by atoms with E-state index in [4.69, 9.17) is 10.7 Å². The fourth-order valence-corrected chi connectivity index (χ4v) is 2.55. The summed E-state index contributed by atoms with van der Waals surface area (Å²) in [7, 11) is 0. The van der Waals surface area contributed by atoms with Gasteiger partial charge in [0, 0.05) is 18.7 Å². The van der Waals surface area contributed by atoms with Crippen molar-refractivity contribution in [3.63, 3.8) is 0 Å². The Balaban J connectivity index is 2.25. The molecule has 0 aliphatic heterocycles. The predicted molar refractivity (Wildman–Crippen MR) is 83.7 cm³/mol. The van der Waals surface area contributed by atoms with Crippen molar-refractivity contribution in [3.05, 3.63) is 53.3 Å². The molecule has 3 aromatic rings. The van der Waals surface area contributed by atoms with Gasteiger partial charge in [-0.15, -0.1) is 0 Å². The third-order valence-electron chi connectivity index (χ3n) is 3.82. The smallest absolute Gasteiger partial charge is 0.141 e. The Kier molecular flexibility index (Phi) is 3.47. The Morgan fingerprint density at radius 3 is 2.43 bits per heavy atom. The summed E-state index contributed by atoms with van der Waals surface area (Å²) in [6, 6.07) is 10.6. The van der Waals surface area contributed by atoms with E-state index in [9.17, 15) is 4.39 Å². The van der Waals surface area contributed by atoms with Crippen molar-refractivity contribution in [3.8, 4) is 11.4 Å². The summed E-state index contributed by atoms with van der Waals surface area (Å²) < 4.78 is 15.2. The van der Waals surface area contributed by atoms with Crippen LogP contribution in [0.5, 0.6) is 0 Å². The monoisotopic (exact) mass is 283 g/mol. The van der Waals surface area contributed by atoms with Crippen molar-refractivity contribution in [2.24, 2.45) is 5.73 Å². The Morgan fingerprint density at radius 2 is 1.76 bits per heavy atom. The molecule has 0 saturated heterocycles. The molecule has 0 amide bonds. The molecule has 0 atom stereocenters. The molecular weight excluding hydrogens is 265 g/mol. The SMILES string of the molecule is Cc1cc2nc(-c3ccc(F)cc3)n(CCN)c2cc1C. The van der Waals surface area contributed by atoms with E-state index < -0.39 is 0 Å². The van der Waals surface area contributed by atoms with Crippen molar-refractivity contribution >= 4 is 11.0 Å². The second-order valence-electron chi connectivity index (χ2n) is 5.31. The molecule has 1 aromatic heterocycles. The lowest BCUT2D eigenvalue weighted by atomic mass is 10.1. The van der Waals surface area contributed by atoms with Gasteiger partial charge in [-0.1, -0.05) is 0 Å². The lowest BCUT2D eigenvalue weighted by Gasteiger charge is -2.08. The molecule has 2 aromatic carbocycles. The second-order valence-corrected chi connectivity index (χ2v) is 5.31. The van der Waals surface area contributed by atoms with E-state index in [0.717, 1.165) is 22.4 Å². The summed E-state index contributed by atoms with van der Waals surface area (Å²) in [6.45, 7) is 5.39. The fraction of sp³-hybridized carbons (Fsp3) is 0.235. The van der Waals surface area contributed by atoms with Crippen LogP contribution >= 0.6 is 0 Å².